The molecule has 0 aliphatic carbocycles. The van der Waals surface area contributed by atoms with Crippen molar-refractivity contribution < 1.29 is 32.1 Å². The Morgan fingerprint density at radius 1 is 1.22 bits per heavy atom. The Labute approximate surface area is 212 Å². The van der Waals surface area contributed by atoms with Gasteiger partial charge in [0, 0.05) is 35.5 Å². The molecule has 1 saturated heterocycles. The Morgan fingerprint density at radius 3 is 2.62 bits per heavy atom. The second-order valence-corrected chi connectivity index (χ2v) is 9.43. The van der Waals surface area contributed by atoms with Crippen molar-refractivity contribution in [2.24, 2.45) is 0 Å². The number of ether oxygens (including phenoxy) is 2. The van der Waals surface area contributed by atoms with Gasteiger partial charge in [-0.05, 0) is 38.6 Å². The highest BCUT2D eigenvalue weighted by atomic mass is 19.3. The highest BCUT2D eigenvalue weighted by Crippen LogP contribution is 2.37. The SMILES string of the molecule is COc1cc2nc(C)nc(N[C@H](C)c3cccc(C(F)(F)CO)c3)c2cc1OC[C@@H]1CC(F)(F)CN1C. The van der Waals surface area contributed by atoms with Crippen molar-refractivity contribution in [2.75, 3.05) is 39.2 Å². The van der Waals surface area contributed by atoms with Crippen LogP contribution in [0.3, 0.4) is 0 Å². The third-order valence-electron chi connectivity index (χ3n) is 6.52. The zero-order valence-corrected chi connectivity index (χ0v) is 21.1. The summed E-state index contributed by atoms with van der Waals surface area (Å²) in [7, 11) is 3.12. The van der Waals surface area contributed by atoms with Gasteiger partial charge in [-0.2, -0.15) is 8.78 Å². The molecular formula is C26H30F4N4O3. The predicted octanol–water partition coefficient (Wildman–Crippen LogP) is 4.92. The molecule has 3 aromatic rings. The second kappa shape index (κ2) is 10.3. The van der Waals surface area contributed by atoms with Gasteiger partial charge in [0.2, 0.25) is 0 Å². The summed E-state index contributed by atoms with van der Waals surface area (Å²) in [6.45, 7) is 1.97. The molecule has 1 fully saturated rings. The lowest BCUT2D eigenvalue weighted by Crippen LogP contribution is -2.30. The molecule has 7 nitrogen and oxygen atoms in total. The second-order valence-electron chi connectivity index (χ2n) is 9.43. The molecule has 1 aliphatic heterocycles. The molecule has 2 heterocycles. The van der Waals surface area contributed by atoms with Crippen LogP contribution >= 0.6 is 0 Å². The standard InChI is InChI=1S/C26H30F4N4O3/c1-15(17-6-5-7-18(8-17)26(29,30)14-35)31-24-20-9-23(22(36-4)10-21(20)32-16(2)33-24)37-12-19-11-25(27,28)13-34(19)3/h5-10,15,19,35H,11-14H2,1-4H3,(H,31,32,33)/t15-,19+/m1/s1. The van der Waals surface area contributed by atoms with Crippen molar-refractivity contribution in [3.05, 3.63) is 53.3 Å². The van der Waals surface area contributed by atoms with Crippen LogP contribution in [-0.4, -0.2) is 65.9 Å². The molecule has 2 N–H and O–H groups in total. The van der Waals surface area contributed by atoms with E-state index in [9.17, 15) is 17.6 Å². The number of aliphatic hydroxyl groups excluding tert-OH is 1. The van der Waals surface area contributed by atoms with Crippen LogP contribution in [0.5, 0.6) is 11.5 Å². The van der Waals surface area contributed by atoms with Crippen LogP contribution in [0.15, 0.2) is 36.4 Å². The quantitative estimate of drug-likeness (QED) is 0.386. The maximum atomic E-state index is 14.0. The molecular weight excluding hydrogens is 492 g/mol. The largest absolute Gasteiger partial charge is 0.493 e. The number of fused-ring (bicyclic) bond motifs is 1. The Kier molecular flexibility index (Phi) is 7.48. The number of hydrogen-bond donors (Lipinski definition) is 2. The van der Waals surface area contributed by atoms with E-state index in [1.807, 2.05) is 0 Å². The Hall–Kier alpha value is -3.18. The van der Waals surface area contributed by atoms with E-state index in [2.05, 4.69) is 15.3 Å². The maximum Gasteiger partial charge on any atom is 0.295 e. The zero-order valence-electron chi connectivity index (χ0n) is 21.1. The molecule has 0 spiro atoms. The number of likely N-dealkylation sites (tertiary alicyclic amines) is 1. The first-order chi connectivity index (χ1) is 17.4. The molecule has 4 rings (SSSR count). The van der Waals surface area contributed by atoms with Gasteiger partial charge in [0.1, 0.15) is 24.9 Å². The average Bonchev–Trinajstić information content (AvgIpc) is 3.13. The van der Waals surface area contributed by atoms with Crippen LogP contribution in [0.25, 0.3) is 10.9 Å². The topological polar surface area (TPSA) is 79.7 Å². The van der Waals surface area contributed by atoms with Crippen LogP contribution in [0.1, 0.15) is 36.3 Å². The first-order valence-corrected chi connectivity index (χ1v) is 11.9. The van der Waals surface area contributed by atoms with Gasteiger partial charge in [0.15, 0.2) is 11.5 Å². The number of aryl methyl sites for hydroxylation is 1. The molecule has 200 valence electrons. The van der Waals surface area contributed by atoms with E-state index < -0.39 is 30.5 Å². The molecule has 0 radical (unpaired) electrons. The molecule has 37 heavy (non-hydrogen) atoms. The minimum absolute atomic E-state index is 0.0473. The van der Waals surface area contributed by atoms with Gasteiger partial charge in [0.05, 0.1) is 19.2 Å². The van der Waals surface area contributed by atoms with Crippen molar-refractivity contribution in [3.63, 3.8) is 0 Å². The van der Waals surface area contributed by atoms with Crippen molar-refractivity contribution in [1.82, 2.24) is 14.9 Å². The fraction of sp³-hybridized carbons (Fsp3) is 0.462. The Balaban J connectivity index is 1.63. The summed E-state index contributed by atoms with van der Waals surface area (Å²) in [5, 5.41) is 12.9. The van der Waals surface area contributed by atoms with Crippen molar-refractivity contribution in [2.45, 2.75) is 44.2 Å². The van der Waals surface area contributed by atoms with Gasteiger partial charge < -0.3 is 19.9 Å². The molecule has 2 aromatic carbocycles. The number of hydrogen-bond acceptors (Lipinski definition) is 7. The highest BCUT2D eigenvalue weighted by molar-refractivity contribution is 5.92. The van der Waals surface area contributed by atoms with E-state index in [-0.39, 0.29) is 25.1 Å². The molecule has 0 amide bonds. The number of anilines is 1. The number of alkyl halides is 4. The summed E-state index contributed by atoms with van der Waals surface area (Å²) in [5.41, 5.74) is 0.856. The number of benzene rings is 2. The summed E-state index contributed by atoms with van der Waals surface area (Å²) in [4.78, 5) is 10.5. The van der Waals surface area contributed by atoms with E-state index in [4.69, 9.17) is 14.6 Å². The molecule has 1 aliphatic rings. The number of rotatable bonds is 9. The summed E-state index contributed by atoms with van der Waals surface area (Å²) in [6, 6.07) is 8.32. The predicted molar refractivity (Wildman–Crippen MR) is 132 cm³/mol. The van der Waals surface area contributed by atoms with E-state index in [1.54, 1.807) is 44.0 Å². The summed E-state index contributed by atoms with van der Waals surface area (Å²) in [6.07, 6.45) is -0.291. The molecule has 0 saturated carbocycles. The lowest BCUT2D eigenvalue weighted by atomic mass is 10.0. The monoisotopic (exact) mass is 522 g/mol. The van der Waals surface area contributed by atoms with Gasteiger partial charge in [0.25, 0.3) is 11.8 Å². The van der Waals surface area contributed by atoms with Crippen LogP contribution < -0.4 is 14.8 Å². The van der Waals surface area contributed by atoms with E-state index in [0.717, 1.165) is 0 Å². The average molecular weight is 523 g/mol. The number of nitrogens with zero attached hydrogens (tertiary/aromatic N) is 3. The van der Waals surface area contributed by atoms with Gasteiger partial charge in [-0.3, -0.25) is 4.90 Å². The fourth-order valence-electron chi connectivity index (χ4n) is 4.48. The van der Waals surface area contributed by atoms with Crippen molar-refractivity contribution in [1.29, 1.82) is 0 Å². The molecule has 11 heteroatoms. The highest BCUT2D eigenvalue weighted by Gasteiger charge is 2.43. The maximum absolute atomic E-state index is 14.0. The molecule has 1 aromatic heterocycles. The van der Waals surface area contributed by atoms with Gasteiger partial charge in [-0.25, -0.2) is 18.7 Å². The first-order valence-electron chi connectivity index (χ1n) is 11.9. The number of aromatic nitrogens is 2. The number of nitrogens with one attached hydrogen (secondary N) is 1. The van der Waals surface area contributed by atoms with Gasteiger partial charge in [-0.15, -0.1) is 0 Å². The lowest BCUT2D eigenvalue weighted by molar-refractivity contribution is -0.0556. The zero-order chi connectivity index (χ0) is 27.0. The van der Waals surface area contributed by atoms with Gasteiger partial charge >= 0.3 is 0 Å². The van der Waals surface area contributed by atoms with Crippen molar-refractivity contribution in [3.8, 4) is 11.5 Å². The van der Waals surface area contributed by atoms with Crippen LogP contribution in [0.4, 0.5) is 23.4 Å². The number of aliphatic hydroxyl groups is 1. The van der Waals surface area contributed by atoms with E-state index in [0.29, 0.717) is 39.6 Å². The van der Waals surface area contributed by atoms with Crippen LogP contribution in [-0.2, 0) is 5.92 Å². The minimum Gasteiger partial charge on any atom is -0.493 e. The Morgan fingerprint density at radius 2 is 1.97 bits per heavy atom. The first kappa shape index (κ1) is 26.9. The number of likely N-dealkylation sites (N-methyl/N-ethyl adjacent to an activating group) is 1. The van der Waals surface area contributed by atoms with Crippen molar-refractivity contribution >= 4 is 16.7 Å². The summed E-state index contributed by atoms with van der Waals surface area (Å²) in [5.74, 6) is -4.43. The molecule has 0 bridgehead atoms. The van der Waals surface area contributed by atoms with Crippen LogP contribution in [0, 0.1) is 6.92 Å². The minimum atomic E-state index is -3.35. The number of methoxy groups -OCH3 is 1. The Bertz CT molecular complexity index is 1270. The molecule has 0 unspecified atom stereocenters. The summed E-state index contributed by atoms with van der Waals surface area (Å²) >= 11 is 0. The summed E-state index contributed by atoms with van der Waals surface area (Å²) < 4.78 is 67.0. The fourth-order valence-corrected chi connectivity index (χ4v) is 4.48. The number of halogens is 4. The third kappa shape index (κ3) is 5.88. The van der Waals surface area contributed by atoms with Gasteiger partial charge in [-0.1, -0.05) is 18.2 Å². The van der Waals surface area contributed by atoms with E-state index >= 15 is 0 Å². The smallest absolute Gasteiger partial charge is 0.295 e. The van der Waals surface area contributed by atoms with E-state index in [1.165, 1.54) is 25.3 Å². The third-order valence-corrected chi connectivity index (χ3v) is 6.52. The molecule has 2 atom stereocenters. The van der Waals surface area contributed by atoms with Crippen LogP contribution in [0.2, 0.25) is 0 Å². The lowest BCUT2D eigenvalue weighted by Gasteiger charge is -2.21. The normalized spacial score (nSPS) is 18.7.